The second kappa shape index (κ2) is 25.7. The van der Waals surface area contributed by atoms with Crippen LogP contribution < -0.4 is 0 Å². The summed E-state index contributed by atoms with van der Waals surface area (Å²) in [6.07, 6.45) is 32.9. The third kappa shape index (κ3) is 13.2. The summed E-state index contributed by atoms with van der Waals surface area (Å²) in [5.74, 6) is 10.4. The zero-order valence-corrected chi connectivity index (χ0v) is 48.1. The highest BCUT2D eigenvalue weighted by Gasteiger charge is 2.61. The first-order valence-corrected chi connectivity index (χ1v) is 29.9. The fourth-order valence-corrected chi connectivity index (χ4v) is 18.0. The molecule has 0 saturated heterocycles. The third-order valence-electron chi connectivity index (χ3n) is 21.5. The van der Waals surface area contributed by atoms with Gasteiger partial charge >= 0.3 is 6.16 Å². The van der Waals surface area contributed by atoms with Gasteiger partial charge in [0.15, 0.2) is 6.29 Å². The van der Waals surface area contributed by atoms with E-state index in [2.05, 4.69) is 102 Å². The summed E-state index contributed by atoms with van der Waals surface area (Å²) in [6, 6.07) is 0. The largest absolute Gasteiger partial charge is 0.506 e. The summed E-state index contributed by atoms with van der Waals surface area (Å²) < 4.78 is 11.1. The van der Waals surface area contributed by atoms with Crippen LogP contribution in [0.2, 0.25) is 0 Å². The number of fused-ring (bicyclic) bond motifs is 10. The van der Waals surface area contributed by atoms with E-state index in [9.17, 15) is 9.90 Å². The van der Waals surface area contributed by atoms with Gasteiger partial charge in [0.2, 0.25) is 0 Å². The average Bonchev–Trinajstić information content (AvgIpc) is 3.84. The van der Waals surface area contributed by atoms with Gasteiger partial charge in [-0.15, -0.1) is 0 Å². The van der Waals surface area contributed by atoms with Crippen LogP contribution in [-0.2, 0) is 9.47 Å². The molecule has 3 N–H and O–H groups in total. The van der Waals surface area contributed by atoms with Crippen LogP contribution in [0.15, 0.2) is 35.5 Å². The minimum atomic E-state index is -1.11. The number of aliphatic hydroxyl groups excluding tert-OH is 2. The maximum absolute atomic E-state index is 11.0. The predicted octanol–water partition coefficient (Wildman–Crippen LogP) is 17.8. The van der Waals surface area contributed by atoms with Crippen LogP contribution in [0.3, 0.4) is 0 Å². The van der Waals surface area contributed by atoms with E-state index in [4.69, 9.17) is 19.7 Å². The van der Waals surface area contributed by atoms with E-state index in [-0.39, 0.29) is 24.2 Å². The minimum absolute atomic E-state index is 0.134. The summed E-state index contributed by atoms with van der Waals surface area (Å²) in [5, 5.41) is 26.8. The van der Waals surface area contributed by atoms with Crippen molar-refractivity contribution in [2.24, 2.45) is 92.7 Å². The Kier molecular flexibility index (Phi) is 21.8. The molecule has 0 aromatic rings. The first-order chi connectivity index (χ1) is 33.0. The highest BCUT2D eigenvalue weighted by molar-refractivity contribution is 5.57. The monoisotopic (exact) mass is 977 g/mol. The molecule has 0 heterocycles. The molecule has 0 bridgehead atoms. The molecule has 0 aromatic carbocycles. The molecule has 6 saturated carbocycles. The highest BCUT2D eigenvalue weighted by Crippen LogP contribution is 2.69. The number of hydrogen-bond acceptors (Lipinski definition) is 5. The van der Waals surface area contributed by atoms with Gasteiger partial charge in [0, 0.05) is 13.0 Å². The summed E-state index contributed by atoms with van der Waals surface area (Å²) in [4.78, 5) is 11.0. The van der Waals surface area contributed by atoms with Crippen molar-refractivity contribution >= 4 is 6.16 Å². The van der Waals surface area contributed by atoms with Crippen LogP contribution in [0.25, 0.3) is 0 Å². The Morgan fingerprint density at radius 1 is 0.643 bits per heavy atom. The van der Waals surface area contributed by atoms with E-state index in [1.165, 1.54) is 121 Å². The average molecular weight is 978 g/mol. The quantitative estimate of drug-likeness (QED) is 0.0912. The van der Waals surface area contributed by atoms with Crippen molar-refractivity contribution in [1.82, 2.24) is 0 Å². The summed E-state index contributed by atoms with van der Waals surface area (Å²) in [7, 11) is 0. The zero-order chi connectivity index (χ0) is 51.8. The van der Waals surface area contributed by atoms with Crippen LogP contribution in [0, 0.1) is 92.7 Å². The number of allylic oxidation sites excluding steroid dienone is 2. The van der Waals surface area contributed by atoms with Gasteiger partial charge in [-0.25, -0.2) is 4.79 Å². The maximum atomic E-state index is 11.0. The Morgan fingerprint density at radius 3 is 1.43 bits per heavy atom. The molecule has 17 atom stereocenters. The van der Waals surface area contributed by atoms with Crippen LogP contribution in [0.1, 0.15) is 245 Å². The first kappa shape index (κ1) is 59.2. The number of carboxylic acid groups (broad SMARTS) is 1. The smallest absolute Gasteiger partial charge is 0.450 e. The molecule has 0 amide bonds. The Hall–Kier alpha value is -1.63. The van der Waals surface area contributed by atoms with Gasteiger partial charge in [0.1, 0.15) is 6.10 Å². The Balaban J connectivity index is 0.000000235. The number of aliphatic hydroxyl groups is 2. The molecular formula is C64H112O6. The van der Waals surface area contributed by atoms with Crippen LogP contribution >= 0.6 is 0 Å². The molecule has 404 valence electrons. The molecule has 8 aliphatic carbocycles. The number of carbonyl (C=O) groups is 1. The molecule has 70 heavy (non-hydrogen) atoms. The SMILES string of the molecule is C=C(C)C(O)OC1CCC2(C)C(=CCC3C2CCC2(C)C(C(C)CCCC(C)C)CCC32)C1.CC(C)CCCC(C)C1CCC2C3CC=C4CC(OC(=O)O)CCC4(C)C3CCC12C.CCC.CCO. The van der Waals surface area contributed by atoms with Crippen LogP contribution in [0.4, 0.5) is 4.79 Å². The lowest BCUT2D eigenvalue weighted by molar-refractivity contribution is -0.129. The molecule has 0 aliphatic heterocycles. The molecule has 0 radical (unpaired) electrons. The number of ether oxygens (including phenoxy) is 2. The standard InChI is InChI=1S/C31H52O2.C28H46O3.C3H8.C2H6O/c1-20(2)9-8-10-22(5)26-13-14-27-25-12-11-23-19-24(33-29(32)21(3)4)15-17-30(23,6)28(25)16-18-31(26,27)7;1-18(2)7-6-8-19(3)23-11-12-24-22-10-9-20-17-21(31-26(29)30)13-15-27(20,4)25(22)14-16-28(23,24)5;1-3-2;1-2-3/h11,20,22,24-29,32H,3,8-10,12-19H2,1-2,4-7H3;9,18-19,21-25H,6-8,10-17H2,1-5H3,(H,29,30);3H2,1-2H3;3H,2H2,1H3. The van der Waals surface area contributed by atoms with Gasteiger partial charge in [0.25, 0.3) is 0 Å². The molecule has 0 spiro atoms. The Morgan fingerprint density at radius 2 is 1.04 bits per heavy atom. The third-order valence-corrected chi connectivity index (χ3v) is 21.5. The zero-order valence-electron chi connectivity index (χ0n) is 48.1. The van der Waals surface area contributed by atoms with Crippen molar-refractivity contribution in [3.63, 3.8) is 0 Å². The predicted molar refractivity (Wildman–Crippen MR) is 293 cm³/mol. The first-order valence-electron chi connectivity index (χ1n) is 29.9. The normalized spacial score (nSPS) is 39.4. The van der Waals surface area contributed by atoms with E-state index in [0.717, 1.165) is 103 Å². The topological polar surface area (TPSA) is 96.2 Å². The van der Waals surface area contributed by atoms with E-state index in [1.807, 2.05) is 6.92 Å². The fraction of sp³-hybridized carbons (Fsp3) is 0.891. The van der Waals surface area contributed by atoms with Crippen LogP contribution in [-0.4, -0.2) is 46.6 Å². The molecule has 8 aliphatic rings. The summed E-state index contributed by atoms with van der Waals surface area (Å²) >= 11 is 0. The second-order valence-electron chi connectivity index (χ2n) is 27.1. The molecular weight excluding hydrogens is 865 g/mol. The summed E-state index contributed by atoms with van der Waals surface area (Å²) in [5.41, 5.74) is 5.56. The molecule has 6 nitrogen and oxygen atoms in total. The lowest BCUT2D eigenvalue weighted by Gasteiger charge is -2.58. The van der Waals surface area contributed by atoms with Gasteiger partial charge in [0.05, 0.1) is 6.10 Å². The van der Waals surface area contributed by atoms with Gasteiger partial charge in [-0.3, -0.25) is 0 Å². The van der Waals surface area contributed by atoms with Crippen molar-refractivity contribution in [3.8, 4) is 0 Å². The molecule has 0 aromatic heterocycles. The number of rotatable bonds is 14. The van der Waals surface area contributed by atoms with E-state index < -0.39 is 12.4 Å². The van der Waals surface area contributed by atoms with Gasteiger partial charge in [-0.2, -0.15) is 0 Å². The summed E-state index contributed by atoms with van der Waals surface area (Å²) in [6.45, 7) is 36.9. The van der Waals surface area contributed by atoms with E-state index in [1.54, 1.807) is 12.5 Å². The van der Waals surface area contributed by atoms with Gasteiger partial charge < -0.3 is 24.8 Å². The van der Waals surface area contributed by atoms with Gasteiger partial charge in [-0.1, -0.05) is 158 Å². The van der Waals surface area contributed by atoms with Crippen molar-refractivity contribution in [3.05, 3.63) is 35.5 Å². The maximum Gasteiger partial charge on any atom is 0.506 e. The fourth-order valence-electron chi connectivity index (χ4n) is 18.0. The van der Waals surface area contributed by atoms with Crippen LogP contribution in [0.5, 0.6) is 0 Å². The second-order valence-corrected chi connectivity index (χ2v) is 27.1. The lowest BCUT2D eigenvalue weighted by Crippen LogP contribution is -2.51. The molecule has 17 unspecified atom stereocenters. The molecule has 6 fully saturated rings. The minimum Gasteiger partial charge on any atom is -0.450 e. The van der Waals surface area contributed by atoms with E-state index >= 15 is 0 Å². The Bertz CT molecular complexity index is 1710. The van der Waals surface area contributed by atoms with Crippen molar-refractivity contribution < 1.29 is 29.6 Å². The van der Waals surface area contributed by atoms with Crippen molar-refractivity contribution in [2.45, 2.75) is 263 Å². The number of hydrogen-bond donors (Lipinski definition) is 3. The lowest BCUT2D eigenvalue weighted by atomic mass is 9.47. The highest BCUT2D eigenvalue weighted by atomic mass is 16.7. The van der Waals surface area contributed by atoms with E-state index in [0.29, 0.717) is 21.8 Å². The molecule has 8 rings (SSSR count). The molecule has 6 heteroatoms. The Labute approximate surface area is 431 Å². The van der Waals surface area contributed by atoms with Gasteiger partial charge in [-0.05, 0) is 208 Å². The van der Waals surface area contributed by atoms with Crippen molar-refractivity contribution in [1.29, 1.82) is 0 Å². The van der Waals surface area contributed by atoms with Crippen molar-refractivity contribution in [2.75, 3.05) is 6.61 Å².